The van der Waals surface area contributed by atoms with Gasteiger partial charge in [0.05, 0.1) is 0 Å². The van der Waals surface area contributed by atoms with Crippen LogP contribution < -0.4 is 0 Å². The molecule has 0 radical (unpaired) electrons. The maximum atomic E-state index is 4.44. The molecule has 0 saturated carbocycles. The maximum Gasteiger partial charge on any atom is 0.127 e. The van der Waals surface area contributed by atoms with E-state index in [2.05, 4.69) is 70.6 Å². The van der Waals surface area contributed by atoms with Gasteiger partial charge in [-0.1, -0.05) is 48.5 Å². The number of aromatic nitrogens is 2. The second-order valence-corrected chi connectivity index (χ2v) is 7.36. The first kappa shape index (κ1) is 13.3. The fourth-order valence-corrected chi connectivity index (χ4v) is 4.95. The molecule has 2 nitrogen and oxygen atoms in total. The fourth-order valence-electron chi connectivity index (χ4n) is 3.91. The molecule has 0 aliphatic rings. The van der Waals surface area contributed by atoms with Crippen molar-refractivity contribution in [3.05, 3.63) is 73.2 Å². The van der Waals surface area contributed by atoms with Crippen LogP contribution in [-0.4, -0.2) is 9.97 Å². The number of hydrogen-bond acceptors (Lipinski definition) is 3. The van der Waals surface area contributed by atoms with E-state index in [4.69, 9.17) is 0 Å². The molecule has 0 saturated heterocycles. The Balaban J connectivity index is 1.96. The van der Waals surface area contributed by atoms with Gasteiger partial charge in [-0.2, -0.15) is 0 Å². The summed E-state index contributed by atoms with van der Waals surface area (Å²) in [7, 11) is 0. The van der Waals surface area contributed by atoms with Crippen LogP contribution in [0.4, 0.5) is 0 Å². The average Bonchev–Trinajstić information content (AvgIpc) is 3.04. The van der Waals surface area contributed by atoms with Crippen LogP contribution in [0.1, 0.15) is 0 Å². The lowest BCUT2D eigenvalue weighted by atomic mass is 9.93. The lowest BCUT2D eigenvalue weighted by molar-refractivity contribution is 1.24. The molecule has 6 aromatic rings. The van der Waals surface area contributed by atoms with Gasteiger partial charge in [0.15, 0.2) is 0 Å². The molecule has 0 aliphatic carbocycles. The van der Waals surface area contributed by atoms with Gasteiger partial charge in [-0.25, -0.2) is 9.97 Å². The molecule has 116 valence electrons. The predicted molar refractivity (Wildman–Crippen MR) is 107 cm³/mol. The van der Waals surface area contributed by atoms with Crippen molar-refractivity contribution in [3.8, 4) is 0 Å². The topological polar surface area (TPSA) is 25.8 Å². The molecule has 0 spiro atoms. The second kappa shape index (κ2) is 4.74. The van der Waals surface area contributed by atoms with Crippen LogP contribution >= 0.6 is 11.3 Å². The Bertz CT molecular complexity index is 1450. The van der Waals surface area contributed by atoms with Crippen molar-refractivity contribution in [1.29, 1.82) is 0 Å². The van der Waals surface area contributed by atoms with E-state index in [1.807, 2.05) is 6.20 Å². The molecule has 0 N–H and O–H groups in total. The fraction of sp³-hybridized carbons (Fsp3) is 0. The highest BCUT2D eigenvalue weighted by atomic mass is 32.1. The Morgan fingerprint density at radius 1 is 0.600 bits per heavy atom. The van der Waals surface area contributed by atoms with Crippen LogP contribution in [0.2, 0.25) is 0 Å². The van der Waals surface area contributed by atoms with Gasteiger partial charge in [0.25, 0.3) is 0 Å². The first-order valence-electron chi connectivity index (χ1n) is 8.25. The van der Waals surface area contributed by atoms with E-state index in [9.17, 15) is 0 Å². The predicted octanol–water partition coefficient (Wildman–Crippen LogP) is 6.30. The van der Waals surface area contributed by atoms with Crippen molar-refractivity contribution in [2.75, 3.05) is 0 Å². The highest BCUT2D eigenvalue weighted by Crippen LogP contribution is 2.40. The summed E-state index contributed by atoms with van der Waals surface area (Å²) in [6.07, 6.45) is 3.55. The van der Waals surface area contributed by atoms with Crippen LogP contribution in [0.15, 0.2) is 73.2 Å². The van der Waals surface area contributed by atoms with Gasteiger partial charge in [-0.05, 0) is 44.5 Å². The number of nitrogens with zero attached hydrogens (tertiary/aromatic N) is 2. The van der Waals surface area contributed by atoms with E-state index in [1.165, 1.54) is 42.4 Å². The normalized spacial score (nSPS) is 12.0. The Morgan fingerprint density at radius 3 is 1.88 bits per heavy atom. The van der Waals surface area contributed by atoms with Gasteiger partial charge in [-0.3, -0.25) is 0 Å². The van der Waals surface area contributed by atoms with E-state index >= 15 is 0 Å². The third kappa shape index (κ3) is 1.73. The van der Waals surface area contributed by atoms with Crippen molar-refractivity contribution in [1.82, 2.24) is 9.97 Å². The quantitative estimate of drug-likeness (QED) is 0.304. The molecule has 2 heterocycles. The minimum atomic E-state index is 1.05. The van der Waals surface area contributed by atoms with Crippen molar-refractivity contribution in [3.63, 3.8) is 0 Å². The Kier molecular flexibility index (Phi) is 2.52. The molecular weight excluding hydrogens is 324 g/mol. The molecule has 3 heteroatoms. The highest BCUT2D eigenvalue weighted by molar-refractivity contribution is 7.25. The minimum absolute atomic E-state index is 1.05. The molecule has 25 heavy (non-hydrogen) atoms. The number of rotatable bonds is 0. The third-order valence-electron chi connectivity index (χ3n) is 5.02. The lowest BCUT2D eigenvalue weighted by Crippen LogP contribution is -1.83. The number of hydrogen-bond donors (Lipinski definition) is 0. The van der Waals surface area contributed by atoms with Gasteiger partial charge >= 0.3 is 0 Å². The van der Waals surface area contributed by atoms with Crippen LogP contribution in [0.3, 0.4) is 0 Å². The smallest absolute Gasteiger partial charge is 0.127 e. The van der Waals surface area contributed by atoms with Gasteiger partial charge in [0.2, 0.25) is 0 Å². The number of fused-ring (bicyclic) bond motifs is 9. The van der Waals surface area contributed by atoms with E-state index in [0.717, 1.165) is 10.2 Å². The summed E-state index contributed by atoms with van der Waals surface area (Å²) >= 11 is 1.74. The summed E-state index contributed by atoms with van der Waals surface area (Å²) in [6.45, 7) is 0. The van der Waals surface area contributed by atoms with E-state index in [0.29, 0.717) is 0 Å². The summed E-state index contributed by atoms with van der Waals surface area (Å²) < 4.78 is 1.27. The molecule has 4 aromatic carbocycles. The number of benzene rings is 4. The van der Waals surface area contributed by atoms with E-state index in [-0.39, 0.29) is 0 Å². The summed E-state index contributed by atoms with van der Waals surface area (Å²) in [6, 6.07) is 22.0. The van der Waals surface area contributed by atoms with Crippen LogP contribution in [0, 0.1) is 0 Å². The highest BCUT2D eigenvalue weighted by Gasteiger charge is 2.12. The standard InChI is InChI=1S/C22H12N2S/c1-3-7-15-13(5-1)14-6-2-4-8-16(14)18-10-21-19(9-17(15)18)20-11-23-12-24-22(20)25-21/h1-12H. The van der Waals surface area contributed by atoms with Crippen molar-refractivity contribution in [2.45, 2.75) is 0 Å². The molecule has 0 bridgehead atoms. The minimum Gasteiger partial charge on any atom is -0.244 e. The third-order valence-corrected chi connectivity index (χ3v) is 6.09. The molecular formula is C22H12N2S. The Hall–Kier alpha value is -3.04. The van der Waals surface area contributed by atoms with Crippen molar-refractivity contribution in [2.24, 2.45) is 0 Å². The molecule has 2 aromatic heterocycles. The molecule has 0 amide bonds. The van der Waals surface area contributed by atoms with Gasteiger partial charge in [0, 0.05) is 21.7 Å². The zero-order chi connectivity index (χ0) is 16.4. The second-order valence-electron chi connectivity index (χ2n) is 6.33. The molecule has 0 aliphatic heterocycles. The molecule has 0 atom stereocenters. The average molecular weight is 336 g/mol. The Labute approximate surface area is 147 Å². The number of thiophene rings is 1. The largest absolute Gasteiger partial charge is 0.244 e. The van der Waals surface area contributed by atoms with Gasteiger partial charge in [0.1, 0.15) is 11.2 Å². The SMILES string of the molecule is c1ccc2c(c1)c1ccccc1c1cc3c(cc21)sc1ncncc13. The molecule has 0 fully saturated rings. The van der Waals surface area contributed by atoms with Crippen molar-refractivity contribution >= 4 is 64.0 Å². The van der Waals surface area contributed by atoms with Crippen LogP contribution in [-0.2, 0) is 0 Å². The zero-order valence-electron chi connectivity index (χ0n) is 13.2. The van der Waals surface area contributed by atoms with Gasteiger partial charge in [-0.15, -0.1) is 11.3 Å². The zero-order valence-corrected chi connectivity index (χ0v) is 14.0. The molecule has 0 unspecified atom stereocenters. The summed E-state index contributed by atoms with van der Waals surface area (Å²) in [5, 5.41) is 10.2. The monoisotopic (exact) mass is 336 g/mol. The maximum absolute atomic E-state index is 4.44. The Morgan fingerprint density at radius 2 is 1.20 bits per heavy atom. The van der Waals surface area contributed by atoms with Crippen LogP contribution in [0.5, 0.6) is 0 Å². The first-order chi connectivity index (χ1) is 12.4. The summed E-state index contributed by atoms with van der Waals surface area (Å²) in [4.78, 5) is 9.71. The summed E-state index contributed by atoms with van der Waals surface area (Å²) in [5.74, 6) is 0. The van der Waals surface area contributed by atoms with E-state index < -0.39 is 0 Å². The van der Waals surface area contributed by atoms with Crippen LogP contribution in [0.25, 0.3) is 52.6 Å². The van der Waals surface area contributed by atoms with Gasteiger partial charge < -0.3 is 0 Å². The van der Waals surface area contributed by atoms with Crippen molar-refractivity contribution < 1.29 is 0 Å². The lowest BCUT2D eigenvalue weighted by Gasteiger charge is -2.10. The molecule has 6 rings (SSSR count). The first-order valence-corrected chi connectivity index (χ1v) is 9.07. The summed E-state index contributed by atoms with van der Waals surface area (Å²) in [5.41, 5.74) is 0. The van der Waals surface area contributed by atoms with E-state index in [1.54, 1.807) is 17.7 Å².